The molecular formula is C18H13BrF3N3O. The maximum atomic E-state index is 12.6. The van der Waals surface area contributed by atoms with E-state index in [1.54, 1.807) is 42.5 Å². The molecular weight excluding hydrogens is 411 g/mol. The van der Waals surface area contributed by atoms with E-state index in [9.17, 15) is 18.0 Å². The van der Waals surface area contributed by atoms with Crippen LogP contribution in [0.2, 0.25) is 0 Å². The predicted molar refractivity (Wildman–Crippen MR) is 93.9 cm³/mol. The second-order valence-electron chi connectivity index (χ2n) is 5.50. The largest absolute Gasteiger partial charge is 0.435 e. The number of hydrogen-bond acceptors (Lipinski definition) is 2. The third kappa shape index (κ3) is 4.32. The molecule has 0 fully saturated rings. The first-order valence-electron chi connectivity index (χ1n) is 7.59. The highest BCUT2D eigenvalue weighted by Gasteiger charge is 2.33. The van der Waals surface area contributed by atoms with E-state index in [4.69, 9.17) is 0 Å². The normalized spacial score (nSPS) is 11.4. The fourth-order valence-corrected chi connectivity index (χ4v) is 2.70. The first kappa shape index (κ1) is 18.2. The summed E-state index contributed by atoms with van der Waals surface area (Å²) in [6.45, 7) is 0.304. The van der Waals surface area contributed by atoms with Crippen molar-refractivity contribution < 1.29 is 18.0 Å². The van der Waals surface area contributed by atoms with E-state index >= 15 is 0 Å². The molecule has 2 aromatic carbocycles. The van der Waals surface area contributed by atoms with Crippen LogP contribution in [0, 0.1) is 0 Å². The van der Waals surface area contributed by atoms with Gasteiger partial charge in [0.2, 0.25) is 0 Å². The van der Waals surface area contributed by atoms with Crippen molar-refractivity contribution in [2.75, 3.05) is 0 Å². The zero-order chi connectivity index (χ0) is 18.7. The molecule has 1 N–H and O–H groups in total. The lowest BCUT2D eigenvalue weighted by Gasteiger charge is -2.07. The van der Waals surface area contributed by atoms with Crippen LogP contribution in [0.1, 0.15) is 21.6 Å². The van der Waals surface area contributed by atoms with Gasteiger partial charge >= 0.3 is 6.18 Å². The predicted octanol–water partition coefficient (Wildman–Crippen LogP) is 4.58. The van der Waals surface area contributed by atoms with Gasteiger partial charge in [0, 0.05) is 22.8 Å². The van der Waals surface area contributed by atoms with E-state index in [-0.39, 0.29) is 5.91 Å². The molecule has 1 amide bonds. The van der Waals surface area contributed by atoms with Crippen LogP contribution in [0.15, 0.2) is 65.3 Å². The van der Waals surface area contributed by atoms with Crippen molar-refractivity contribution in [1.29, 1.82) is 0 Å². The zero-order valence-corrected chi connectivity index (χ0v) is 14.9. The molecule has 0 spiro atoms. The summed E-state index contributed by atoms with van der Waals surface area (Å²) in [4.78, 5) is 12.1. The number of aromatic nitrogens is 2. The van der Waals surface area contributed by atoms with Gasteiger partial charge in [0.1, 0.15) is 0 Å². The number of nitrogens with one attached hydrogen (secondary N) is 1. The minimum Gasteiger partial charge on any atom is -0.348 e. The van der Waals surface area contributed by atoms with Crippen molar-refractivity contribution in [3.05, 3.63) is 82.1 Å². The van der Waals surface area contributed by atoms with Gasteiger partial charge in [-0.05, 0) is 42.0 Å². The highest BCUT2D eigenvalue weighted by molar-refractivity contribution is 9.10. The molecule has 0 unspecified atom stereocenters. The van der Waals surface area contributed by atoms with Crippen molar-refractivity contribution in [1.82, 2.24) is 15.1 Å². The molecule has 0 aliphatic carbocycles. The first-order valence-corrected chi connectivity index (χ1v) is 8.38. The highest BCUT2D eigenvalue weighted by atomic mass is 79.9. The molecule has 0 aliphatic heterocycles. The summed E-state index contributed by atoms with van der Waals surface area (Å²) in [6.07, 6.45) is -3.21. The lowest BCUT2D eigenvalue weighted by molar-refractivity contribution is -0.141. The number of nitrogens with zero attached hydrogens (tertiary/aromatic N) is 2. The van der Waals surface area contributed by atoms with Gasteiger partial charge < -0.3 is 5.32 Å². The topological polar surface area (TPSA) is 46.9 Å². The summed E-state index contributed by atoms with van der Waals surface area (Å²) in [6, 6.07) is 14.7. The van der Waals surface area contributed by atoms with E-state index in [2.05, 4.69) is 26.3 Å². The quantitative estimate of drug-likeness (QED) is 0.667. The molecule has 0 radical (unpaired) electrons. The van der Waals surface area contributed by atoms with Crippen LogP contribution in [0.3, 0.4) is 0 Å². The zero-order valence-electron chi connectivity index (χ0n) is 13.3. The van der Waals surface area contributed by atoms with Gasteiger partial charge in [0.25, 0.3) is 5.91 Å². The van der Waals surface area contributed by atoms with Crippen LogP contribution in [0.25, 0.3) is 5.69 Å². The van der Waals surface area contributed by atoms with Crippen LogP contribution >= 0.6 is 15.9 Å². The lowest BCUT2D eigenvalue weighted by Crippen LogP contribution is -2.22. The molecule has 0 saturated heterocycles. The molecule has 4 nitrogen and oxygen atoms in total. The summed E-state index contributed by atoms with van der Waals surface area (Å²) < 4.78 is 39.8. The third-order valence-corrected chi connectivity index (χ3v) is 4.11. The number of alkyl halides is 3. The molecule has 1 aromatic heterocycles. The van der Waals surface area contributed by atoms with Crippen molar-refractivity contribution in [3.8, 4) is 5.69 Å². The molecule has 1 heterocycles. The molecule has 3 aromatic rings. The van der Waals surface area contributed by atoms with Crippen molar-refractivity contribution in [3.63, 3.8) is 0 Å². The Balaban J connectivity index is 1.64. The minimum absolute atomic E-state index is 0.211. The number of amides is 1. The minimum atomic E-state index is -4.47. The number of carbonyl (C=O) groups is 1. The van der Waals surface area contributed by atoms with E-state index in [1.807, 2.05) is 6.07 Å². The van der Waals surface area contributed by atoms with E-state index in [1.165, 1.54) is 6.20 Å². The summed E-state index contributed by atoms with van der Waals surface area (Å²) in [5, 5.41) is 6.32. The second kappa shape index (κ2) is 7.33. The molecule has 134 valence electrons. The summed E-state index contributed by atoms with van der Waals surface area (Å²) in [5.41, 5.74) is 0.915. The monoisotopic (exact) mass is 423 g/mol. The number of halogens is 4. The van der Waals surface area contributed by atoms with Crippen molar-refractivity contribution in [2.24, 2.45) is 0 Å². The van der Waals surface area contributed by atoms with Gasteiger partial charge in [0.05, 0.1) is 5.69 Å². The Morgan fingerprint density at radius 1 is 1.12 bits per heavy atom. The van der Waals surface area contributed by atoms with E-state index in [0.717, 1.165) is 20.8 Å². The number of hydrogen-bond donors (Lipinski definition) is 1. The summed E-state index contributed by atoms with van der Waals surface area (Å²) in [5.74, 6) is -0.211. The number of benzene rings is 2. The van der Waals surface area contributed by atoms with Gasteiger partial charge in [-0.2, -0.15) is 18.3 Å². The van der Waals surface area contributed by atoms with Gasteiger partial charge in [-0.3, -0.25) is 4.79 Å². The van der Waals surface area contributed by atoms with Crippen LogP contribution in [0.5, 0.6) is 0 Å². The Bertz CT molecular complexity index is 920. The Labute approximate surface area is 155 Å². The SMILES string of the molecule is O=C(NCc1ccc(-n2ccc(C(F)(F)F)n2)cc1)c1cccc(Br)c1. The molecule has 0 saturated carbocycles. The van der Waals surface area contributed by atoms with Crippen LogP contribution < -0.4 is 5.32 Å². The van der Waals surface area contributed by atoms with Crippen LogP contribution in [0.4, 0.5) is 13.2 Å². The van der Waals surface area contributed by atoms with Gasteiger partial charge in [-0.15, -0.1) is 0 Å². The smallest absolute Gasteiger partial charge is 0.348 e. The molecule has 0 bridgehead atoms. The standard InChI is InChI=1S/C18H13BrF3N3O/c19-14-3-1-2-13(10-14)17(26)23-11-12-4-6-15(7-5-12)25-9-8-16(24-25)18(20,21)22/h1-10H,11H2,(H,23,26). The van der Waals surface area contributed by atoms with Gasteiger partial charge in [-0.25, -0.2) is 4.68 Å². The van der Waals surface area contributed by atoms with Crippen molar-refractivity contribution in [2.45, 2.75) is 12.7 Å². The summed E-state index contributed by atoms with van der Waals surface area (Å²) in [7, 11) is 0. The van der Waals surface area contributed by atoms with E-state index < -0.39 is 11.9 Å². The maximum absolute atomic E-state index is 12.6. The molecule has 8 heteroatoms. The van der Waals surface area contributed by atoms with Crippen molar-refractivity contribution >= 4 is 21.8 Å². The van der Waals surface area contributed by atoms with Crippen LogP contribution in [-0.4, -0.2) is 15.7 Å². The molecule has 0 atom stereocenters. The molecule has 0 aliphatic rings. The van der Waals surface area contributed by atoms with Gasteiger partial charge in [-0.1, -0.05) is 34.1 Å². The summed E-state index contributed by atoms with van der Waals surface area (Å²) >= 11 is 3.31. The Morgan fingerprint density at radius 3 is 2.46 bits per heavy atom. The molecule has 3 rings (SSSR count). The maximum Gasteiger partial charge on any atom is 0.435 e. The second-order valence-corrected chi connectivity index (χ2v) is 6.42. The highest BCUT2D eigenvalue weighted by Crippen LogP contribution is 2.27. The average Bonchev–Trinajstić information content (AvgIpc) is 3.10. The average molecular weight is 424 g/mol. The number of carbonyl (C=O) groups excluding carboxylic acids is 1. The Kier molecular flexibility index (Phi) is 5.13. The fraction of sp³-hybridized carbons (Fsp3) is 0.111. The molecule has 26 heavy (non-hydrogen) atoms. The first-order chi connectivity index (χ1) is 12.3. The lowest BCUT2D eigenvalue weighted by atomic mass is 10.2. The fourth-order valence-electron chi connectivity index (χ4n) is 2.30. The van der Waals surface area contributed by atoms with Gasteiger partial charge in [0.15, 0.2) is 5.69 Å². The number of rotatable bonds is 4. The van der Waals surface area contributed by atoms with Crippen LogP contribution in [-0.2, 0) is 12.7 Å². The third-order valence-electron chi connectivity index (χ3n) is 3.62. The van der Waals surface area contributed by atoms with E-state index in [0.29, 0.717) is 17.8 Å². The Morgan fingerprint density at radius 2 is 1.85 bits per heavy atom. The Hall–Kier alpha value is -2.61.